The molecule has 1 unspecified atom stereocenters. The van der Waals surface area contributed by atoms with Gasteiger partial charge in [-0.05, 0) is 47.4 Å². The number of aliphatic hydroxyl groups excluding tert-OH is 1. The molecule has 1 aromatic rings. The standard InChI is InChI=1S/C11H14BrNO2S/c12-11-4-3-10(16-11)9(15)7-13-5-1-2-8(14)6-13/h3-4,8,14H,1-2,5-7H2. The Kier molecular flexibility index (Phi) is 4.13. The fourth-order valence-corrected chi connectivity index (χ4v) is 3.24. The molecule has 1 atom stereocenters. The molecule has 5 heteroatoms. The Morgan fingerprint density at radius 3 is 3.06 bits per heavy atom. The van der Waals surface area contributed by atoms with Crippen LogP contribution in [0.5, 0.6) is 0 Å². The maximum absolute atomic E-state index is 11.9. The number of carbonyl (C=O) groups excluding carboxylic acids is 1. The van der Waals surface area contributed by atoms with Crippen molar-refractivity contribution >= 4 is 33.0 Å². The van der Waals surface area contributed by atoms with Crippen LogP contribution in [0.3, 0.4) is 0 Å². The van der Waals surface area contributed by atoms with Crippen LogP contribution in [0.1, 0.15) is 22.5 Å². The maximum Gasteiger partial charge on any atom is 0.186 e. The first-order valence-corrected chi connectivity index (χ1v) is 6.95. The molecular weight excluding hydrogens is 290 g/mol. The number of nitrogens with zero attached hydrogens (tertiary/aromatic N) is 1. The summed E-state index contributed by atoms with van der Waals surface area (Å²) in [7, 11) is 0. The zero-order chi connectivity index (χ0) is 11.5. The third-order valence-corrected chi connectivity index (χ3v) is 4.36. The van der Waals surface area contributed by atoms with Gasteiger partial charge in [0.15, 0.2) is 5.78 Å². The molecule has 0 radical (unpaired) electrons. The van der Waals surface area contributed by atoms with E-state index in [1.807, 2.05) is 17.0 Å². The van der Waals surface area contributed by atoms with Gasteiger partial charge in [0.1, 0.15) is 0 Å². The number of Topliss-reactive ketones (excluding diaryl/α,β-unsaturated/α-hetero) is 1. The highest BCUT2D eigenvalue weighted by molar-refractivity contribution is 9.11. The summed E-state index contributed by atoms with van der Waals surface area (Å²) in [4.78, 5) is 14.7. The van der Waals surface area contributed by atoms with Gasteiger partial charge in [0, 0.05) is 6.54 Å². The van der Waals surface area contributed by atoms with Crippen LogP contribution in [0.4, 0.5) is 0 Å². The molecule has 0 aliphatic carbocycles. The van der Waals surface area contributed by atoms with Crippen molar-refractivity contribution in [2.75, 3.05) is 19.6 Å². The number of carbonyl (C=O) groups is 1. The number of hydrogen-bond acceptors (Lipinski definition) is 4. The van der Waals surface area contributed by atoms with Crippen molar-refractivity contribution < 1.29 is 9.90 Å². The summed E-state index contributed by atoms with van der Waals surface area (Å²) in [5.41, 5.74) is 0. The molecule has 1 aliphatic heterocycles. The van der Waals surface area contributed by atoms with Gasteiger partial charge in [0.05, 0.1) is 21.3 Å². The van der Waals surface area contributed by atoms with Crippen molar-refractivity contribution in [2.24, 2.45) is 0 Å². The smallest absolute Gasteiger partial charge is 0.186 e. The maximum atomic E-state index is 11.9. The Labute approximate surface area is 107 Å². The lowest BCUT2D eigenvalue weighted by atomic mass is 10.1. The Bertz CT molecular complexity index is 380. The predicted molar refractivity (Wildman–Crippen MR) is 68.0 cm³/mol. The summed E-state index contributed by atoms with van der Waals surface area (Å²) >= 11 is 4.81. The Balaban J connectivity index is 1.92. The molecular formula is C11H14BrNO2S. The number of rotatable bonds is 3. The fraction of sp³-hybridized carbons (Fsp3) is 0.545. The first-order valence-electron chi connectivity index (χ1n) is 5.34. The third kappa shape index (κ3) is 3.13. The molecule has 0 saturated carbocycles. The van der Waals surface area contributed by atoms with E-state index in [0.717, 1.165) is 28.0 Å². The lowest BCUT2D eigenvalue weighted by molar-refractivity contribution is 0.0636. The van der Waals surface area contributed by atoms with E-state index in [2.05, 4.69) is 15.9 Å². The van der Waals surface area contributed by atoms with Gasteiger partial charge in [-0.15, -0.1) is 11.3 Å². The molecule has 0 spiro atoms. The summed E-state index contributed by atoms with van der Waals surface area (Å²) in [5, 5.41) is 9.51. The quantitative estimate of drug-likeness (QED) is 0.870. The van der Waals surface area contributed by atoms with Gasteiger partial charge in [0.2, 0.25) is 0 Å². The van der Waals surface area contributed by atoms with E-state index in [9.17, 15) is 9.90 Å². The number of β-amino-alcohol motifs (C(OH)–C–C–N with tert-alkyl or cyclic N) is 1. The number of halogens is 1. The van der Waals surface area contributed by atoms with E-state index in [0.29, 0.717) is 13.1 Å². The second-order valence-electron chi connectivity index (χ2n) is 4.06. The zero-order valence-electron chi connectivity index (χ0n) is 8.86. The van der Waals surface area contributed by atoms with Crippen LogP contribution in [0.2, 0.25) is 0 Å². The molecule has 88 valence electrons. The van der Waals surface area contributed by atoms with Gasteiger partial charge in [-0.1, -0.05) is 0 Å². The number of hydrogen-bond donors (Lipinski definition) is 1. The van der Waals surface area contributed by atoms with E-state index in [1.165, 1.54) is 11.3 Å². The van der Waals surface area contributed by atoms with Crippen molar-refractivity contribution in [3.63, 3.8) is 0 Å². The van der Waals surface area contributed by atoms with E-state index in [-0.39, 0.29) is 11.9 Å². The second kappa shape index (κ2) is 5.40. The number of likely N-dealkylation sites (tertiary alicyclic amines) is 1. The molecule has 3 nitrogen and oxygen atoms in total. The van der Waals surface area contributed by atoms with Gasteiger partial charge < -0.3 is 5.11 Å². The monoisotopic (exact) mass is 303 g/mol. The van der Waals surface area contributed by atoms with Crippen LogP contribution in [-0.2, 0) is 0 Å². The number of thiophene rings is 1. The van der Waals surface area contributed by atoms with E-state index in [4.69, 9.17) is 0 Å². The largest absolute Gasteiger partial charge is 0.392 e. The second-order valence-corrected chi connectivity index (χ2v) is 6.52. The molecule has 1 N–H and O–H groups in total. The summed E-state index contributed by atoms with van der Waals surface area (Å²) in [6.45, 7) is 1.96. The molecule has 2 heterocycles. The summed E-state index contributed by atoms with van der Waals surface area (Å²) in [6.07, 6.45) is 1.56. The first kappa shape index (κ1) is 12.2. The fourth-order valence-electron chi connectivity index (χ4n) is 1.92. The van der Waals surface area contributed by atoms with Crippen LogP contribution in [-0.4, -0.2) is 41.5 Å². The van der Waals surface area contributed by atoms with Gasteiger partial charge in [-0.2, -0.15) is 0 Å². The van der Waals surface area contributed by atoms with Crippen molar-refractivity contribution in [1.29, 1.82) is 0 Å². The summed E-state index contributed by atoms with van der Waals surface area (Å²) in [6, 6.07) is 3.74. The summed E-state index contributed by atoms with van der Waals surface area (Å²) < 4.78 is 0.981. The molecule has 0 bridgehead atoms. The van der Waals surface area contributed by atoms with E-state index in [1.54, 1.807) is 0 Å². The van der Waals surface area contributed by atoms with Crippen LogP contribution in [0, 0.1) is 0 Å². The Hall–Kier alpha value is -0.230. The average Bonchev–Trinajstić information content (AvgIpc) is 2.65. The highest BCUT2D eigenvalue weighted by atomic mass is 79.9. The van der Waals surface area contributed by atoms with Crippen LogP contribution in [0.25, 0.3) is 0 Å². The zero-order valence-corrected chi connectivity index (χ0v) is 11.3. The van der Waals surface area contributed by atoms with Crippen molar-refractivity contribution in [2.45, 2.75) is 18.9 Å². The lowest BCUT2D eigenvalue weighted by Crippen LogP contribution is -2.40. The molecule has 1 aliphatic rings. The Morgan fingerprint density at radius 2 is 2.44 bits per heavy atom. The van der Waals surface area contributed by atoms with Gasteiger partial charge in [-0.25, -0.2) is 0 Å². The SMILES string of the molecule is O=C(CN1CCCC(O)C1)c1ccc(Br)s1. The average molecular weight is 304 g/mol. The topological polar surface area (TPSA) is 40.5 Å². The van der Waals surface area contributed by atoms with Gasteiger partial charge in [0.25, 0.3) is 0 Å². The molecule has 0 aromatic carbocycles. The minimum absolute atomic E-state index is 0.143. The number of ketones is 1. The number of aliphatic hydroxyl groups is 1. The minimum Gasteiger partial charge on any atom is -0.392 e. The predicted octanol–water partition coefficient (Wildman–Crippen LogP) is 2.15. The number of piperidine rings is 1. The highest BCUT2D eigenvalue weighted by Gasteiger charge is 2.20. The van der Waals surface area contributed by atoms with E-state index < -0.39 is 0 Å². The molecule has 2 rings (SSSR count). The van der Waals surface area contributed by atoms with Crippen molar-refractivity contribution in [3.8, 4) is 0 Å². The normalized spacial score (nSPS) is 22.2. The molecule has 1 fully saturated rings. The molecule has 1 aromatic heterocycles. The van der Waals surface area contributed by atoms with Gasteiger partial charge >= 0.3 is 0 Å². The molecule has 1 saturated heterocycles. The van der Waals surface area contributed by atoms with Crippen LogP contribution < -0.4 is 0 Å². The third-order valence-electron chi connectivity index (χ3n) is 2.70. The first-order chi connectivity index (χ1) is 7.65. The van der Waals surface area contributed by atoms with Gasteiger partial charge in [-0.3, -0.25) is 9.69 Å². The van der Waals surface area contributed by atoms with E-state index >= 15 is 0 Å². The van der Waals surface area contributed by atoms with Crippen molar-refractivity contribution in [3.05, 3.63) is 20.8 Å². The summed E-state index contributed by atoms with van der Waals surface area (Å²) in [5.74, 6) is 0.143. The Morgan fingerprint density at radius 1 is 1.62 bits per heavy atom. The highest BCUT2D eigenvalue weighted by Crippen LogP contribution is 2.23. The minimum atomic E-state index is -0.267. The van der Waals surface area contributed by atoms with Crippen LogP contribution >= 0.6 is 27.3 Å². The molecule has 0 amide bonds. The van der Waals surface area contributed by atoms with Crippen molar-refractivity contribution in [1.82, 2.24) is 4.90 Å². The van der Waals surface area contributed by atoms with Crippen LogP contribution in [0.15, 0.2) is 15.9 Å². The molecule has 16 heavy (non-hydrogen) atoms. The lowest BCUT2D eigenvalue weighted by Gasteiger charge is -2.29.